The largest absolute Gasteiger partial charge is 0.486 e. The maximum absolute atomic E-state index is 13.2. The molecule has 8 heteroatoms. The lowest BCUT2D eigenvalue weighted by Crippen LogP contribution is -2.31. The Bertz CT molecular complexity index is 872. The highest BCUT2D eigenvalue weighted by molar-refractivity contribution is 6.32. The van der Waals surface area contributed by atoms with E-state index in [0.29, 0.717) is 40.9 Å². The molecule has 1 aliphatic heterocycles. The SMILES string of the molecule is COC(=O)CC(NC(=O)Cc1cc(Cl)c2c(c1)OCCO2)c1ccc(F)cc1. The highest BCUT2D eigenvalue weighted by atomic mass is 35.5. The average molecular weight is 408 g/mol. The van der Waals surface area contributed by atoms with Gasteiger partial charge in [0.15, 0.2) is 11.5 Å². The molecule has 0 spiro atoms. The molecule has 0 radical (unpaired) electrons. The van der Waals surface area contributed by atoms with Crippen LogP contribution >= 0.6 is 11.6 Å². The minimum Gasteiger partial charge on any atom is -0.486 e. The molecule has 0 saturated carbocycles. The zero-order valence-electron chi connectivity index (χ0n) is 15.2. The van der Waals surface area contributed by atoms with Gasteiger partial charge in [0.1, 0.15) is 19.0 Å². The third-order valence-electron chi connectivity index (χ3n) is 4.23. The number of esters is 1. The van der Waals surface area contributed by atoms with Gasteiger partial charge in [-0.15, -0.1) is 0 Å². The van der Waals surface area contributed by atoms with Gasteiger partial charge < -0.3 is 19.5 Å². The minimum atomic E-state index is -0.645. The molecule has 1 atom stereocenters. The number of hydrogen-bond acceptors (Lipinski definition) is 5. The summed E-state index contributed by atoms with van der Waals surface area (Å²) in [5, 5.41) is 3.15. The number of rotatable bonds is 6. The fourth-order valence-corrected chi connectivity index (χ4v) is 3.18. The summed E-state index contributed by atoms with van der Waals surface area (Å²) in [6, 6.07) is 8.27. The summed E-state index contributed by atoms with van der Waals surface area (Å²) in [6.45, 7) is 0.824. The molecule has 3 rings (SSSR count). The number of carbonyl (C=O) groups is 2. The number of methoxy groups -OCH3 is 1. The minimum absolute atomic E-state index is 0.0230. The molecule has 1 unspecified atom stereocenters. The van der Waals surface area contributed by atoms with E-state index in [1.54, 1.807) is 12.1 Å². The molecule has 2 aromatic rings. The summed E-state index contributed by atoms with van der Waals surface area (Å²) in [6.07, 6.45) is -0.0506. The highest BCUT2D eigenvalue weighted by Gasteiger charge is 2.21. The van der Waals surface area contributed by atoms with Crippen LogP contribution in [-0.4, -0.2) is 32.2 Å². The number of benzene rings is 2. The van der Waals surface area contributed by atoms with Gasteiger partial charge in [-0.3, -0.25) is 9.59 Å². The zero-order chi connectivity index (χ0) is 20.1. The quantitative estimate of drug-likeness (QED) is 0.744. The maximum atomic E-state index is 13.2. The van der Waals surface area contributed by atoms with Crippen molar-refractivity contribution in [1.82, 2.24) is 5.32 Å². The molecular weight excluding hydrogens is 389 g/mol. The first-order valence-corrected chi connectivity index (χ1v) is 9.03. The van der Waals surface area contributed by atoms with Crippen LogP contribution in [0.4, 0.5) is 4.39 Å². The van der Waals surface area contributed by atoms with E-state index in [1.807, 2.05) is 0 Å². The molecular formula is C20H19ClFNO5. The van der Waals surface area contributed by atoms with Crippen molar-refractivity contribution in [3.63, 3.8) is 0 Å². The second-order valence-electron chi connectivity index (χ2n) is 6.23. The molecule has 0 aromatic heterocycles. The highest BCUT2D eigenvalue weighted by Crippen LogP contribution is 2.38. The number of fused-ring (bicyclic) bond motifs is 1. The fourth-order valence-electron chi connectivity index (χ4n) is 2.89. The van der Waals surface area contributed by atoms with E-state index in [2.05, 4.69) is 5.32 Å². The zero-order valence-corrected chi connectivity index (χ0v) is 15.9. The first kappa shape index (κ1) is 19.9. The van der Waals surface area contributed by atoms with Crippen molar-refractivity contribution in [3.05, 3.63) is 58.4 Å². The molecule has 1 amide bonds. The monoisotopic (exact) mass is 407 g/mol. The Hall–Kier alpha value is -2.80. The Labute approximate surface area is 166 Å². The lowest BCUT2D eigenvalue weighted by Gasteiger charge is -2.21. The number of nitrogens with one attached hydrogen (secondary N) is 1. The summed E-state index contributed by atoms with van der Waals surface area (Å²) < 4.78 is 28.9. The first-order chi connectivity index (χ1) is 13.5. The van der Waals surface area contributed by atoms with Crippen LogP contribution in [0.25, 0.3) is 0 Å². The average Bonchev–Trinajstić information content (AvgIpc) is 2.68. The van der Waals surface area contributed by atoms with E-state index < -0.39 is 17.8 Å². The number of carbonyl (C=O) groups excluding carboxylic acids is 2. The third kappa shape index (κ3) is 4.92. The normalized spacial score (nSPS) is 13.5. The summed E-state index contributed by atoms with van der Waals surface area (Å²) in [4.78, 5) is 24.3. The predicted octanol–water partition coefficient (Wildman–Crippen LogP) is 3.21. The fraction of sp³-hybridized carbons (Fsp3) is 0.300. The number of hydrogen-bond donors (Lipinski definition) is 1. The molecule has 2 aromatic carbocycles. The van der Waals surface area contributed by atoms with Gasteiger partial charge >= 0.3 is 5.97 Å². The standard InChI is InChI=1S/C20H19ClFNO5/c1-26-19(25)11-16(13-2-4-14(22)5-3-13)23-18(24)10-12-8-15(21)20-17(9-12)27-6-7-28-20/h2-5,8-9,16H,6-7,10-11H2,1H3,(H,23,24). The van der Waals surface area contributed by atoms with Gasteiger partial charge in [-0.1, -0.05) is 23.7 Å². The van der Waals surface area contributed by atoms with E-state index in [0.717, 1.165) is 0 Å². The summed E-state index contributed by atoms with van der Waals surface area (Å²) in [5.41, 5.74) is 1.24. The Balaban J connectivity index is 1.73. The van der Waals surface area contributed by atoms with Gasteiger partial charge in [-0.25, -0.2) is 4.39 Å². The van der Waals surface area contributed by atoms with Crippen LogP contribution in [0.2, 0.25) is 5.02 Å². The van der Waals surface area contributed by atoms with E-state index in [4.69, 9.17) is 25.8 Å². The van der Waals surface area contributed by atoms with Crippen LogP contribution in [0.3, 0.4) is 0 Å². The van der Waals surface area contributed by atoms with Crippen molar-refractivity contribution in [2.24, 2.45) is 0 Å². The number of amides is 1. The lowest BCUT2D eigenvalue weighted by atomic mass is 10.0. The third-order valence-corrected chi connectivity index (χ3v) is 4.51. The Morgan fingerprint density at radius 2 is 1.93 bits per heavy atom. The van der Waals surface area contributed by atoms with Crippen molar-refractivity contribution in [1.29, 1.82) is 0 Å². The molecule has 148 valence electrons. The molecule has 1 aliphatic rings. The molecule has 0 saturated heterocycles. The van der Waals surface area contributed by atoms with Gasteiger partial charge in [-0.05, 0) is 35.4 Å². The number of halogens is 2. The van der Waals surface area contributed by atoms with Crippen LogP contribution in [0.5, 0.6) is 11.5 Å². The summed E-state index contributed by atoms with van der Waals surface area (Å²) >= 11 is 6.20. The van der Waals surface area contributed by atoms with Gasteiger partial charge in [0, 0.05) is 0 Å². The molecule has 1 N–H and O–H groups in total. The molecule has 1 heterocycles. The first-order valence-electron chi connectivity index (χ1n) is 8.66. The Morgan fingerprint density at radius 3 is 2.64 bits per heavy atom. The lowest BCUT2D eigenvalue weighted by molar-refractivity contribution is -0.141. The van der Waals surface area contributed by atoms with Gasteiger partial charge in [-0.2, -0.15) is 0 Å². The predicted molar refractivity (Wildman–Crippen MR) is 100 cm³/mol. The molecule has 0 aliphatic carbocycles. The second kappa shape index (κ2) is 8.93. The van der Waals surface area contributed by atoms with Crippen LogP contribution < -0.4 is 14.8 Å². The molecule has 6 nitrogen and oxygen atoms in total. The van der Waals surface area contributed by atoms with Crippen LogP contribution in [0.1, 0.15) is 23.6 Å². The van der Waals surface area contributed by atoms with Crippen molar-refractivity contribution in [3.8, 4) is 11.5 Å². The Kier molecular flexibility index (Phi) is 6.36. The van der Waals surface area contributed by atoms with Crippen molar-refractivity contribution in [2.45, 2.75) is 18.9 Å². The van der Waals surface area contributed by atoms with Crippen molar-refractivity contribution in [2.75, 3.05) is 20.3 Å². The molecule has 0 fully saturated rings. The van der Waals surface area contributed by atoms with Crippen LogP contribution in [0.15, 0.2) is 36.4 Å². The van der Waals surface area contributed by atoms with Crippen LogP contribution in [0, 0.1) is 5.82 Å². The van der Waals surface area contributed by atoms with E-state index in [9.17, 15) is 14.0 Å². The van der Waals surface area contributed by atoms with Gasteiger partial charge in [0.25, 0.3) is 0 Å². The Morgan fingerprint density at radius 1 is 1.21 bits per heavy atom. The summed E-state index contributed by atoms with van der Waals surface area (Å²) in [7, 11) is 1.27. The van der Waals surface area contributed by atoms with E-state index in [1.165, 1.54) is 31.4 Å². The molecule has 28 heavy (non-hydrogen) atoms. The smallest absolute Gasteiger partial charge is 0.307 e. The van der Waals surface area contributed by atoms with E-state index >= 15 is 0 Å². The maximum Gasteiger partial charge on any atom is 0.307 e. The van der Waals surface area contributed by atoms with Gasteiger partial charge in [0.2, 0.25) is 5.91 Å². The topological polar surface area (TPSA) is 73.9 Å². The summed E-state index contributed by atoms with van der Waals surface area (Å²) in [5.74, 6) is -0.265. The van der Waals surface area contributed by atoms with Crippen molar-refractivity contribution < 1.29 is 28.2 Å². The second-order valence-corrected chi connectivity index (χ2v) is 6.64. The van der Waals surface area contributed by atoms with Gasteiger partial charge in [0.05, 0.1) is 31.0 Å². The number of ether oxygens (including phenoxy) is 3. The van der Waals surface area contributed by atoms with Crippen molar-refractivity contribution >= 4 is 23.5 Å². The van der Waals surface area contributed by atoms with E-state index in [-0.39, 0.29) is 18.7 Å². The molecule has 0 bridgehead atoms. The van der Waals surface area contributed by atoms with Crippen LogP contribution in [-0.2, 0) is 20.7 Å².